The van der Waals surface area contributed by atoms with Gasteiger partial charge in [-0.15, -0.1) is 11.3 Å². The largest absolute Gasteiger partial charge is 0.316 e. The maximum Gasteiger partial charge on any atom is 0.250 e. The maximum absolute atomic E-state index is 12.1. The van der Waals surface area contributed by atoms with Crippen LogP contribution in [0.1, 0.15) is 39.0 Å². The highest BCUT2D eigenvalue weighted by Crippen LogP contribution is 2.23. The van der Waals surface area contributed by atoms with Crippen LogP contribution in [-0.4, -0.2) is 27.0 Å². The Bertz CT molecular complexity index is 487. The topological polar surface area (TPSA) is 58.2 Å². The molecule has 0 bridgehead atoms. The van der Waals surface area contributed by atoms with Crippen molar-refractivity contribution in [2.45, 2.75) is 50.3 Å². The van der Waals surface area contributed by atoms with E-state index in [2.05, 4.69) is 17.0 Å². The van der Waals surface area contributed by atoms with E-state index in [1.807, 2.05) is 26.8 Å². The number of hydrogen-bond acceptors (Lipinski definition) is 4. The van der Waals surface area contributed by atoms with Crippen LogP contribution in [0, 0.1) is 0 Å². The first-order valence-electron chi connectivity index (χ1n) is 6.58. The van der Waals surface area contributed by atoms with Gasteiger partial charge in [0.15, 0.2) is 0 Å². The average molecular weight is 304 g/mol. The summed E-state index contributed by atoms with van der Waals surface area (Å²) in [6, 6.07) is 3.59. The first kappa shape index (κ1) is 16.6. The van der Waals surface area contributed by atoms with E-state index in [4.69, 9.17) is 0 Å². The summed E-state index contributed by atoms with van der Waals surface area (Å²) >= 11 is 1.35. The molecule has 19 heavy (non-hydrogen) atoms. The Balaban J connectivity index is 2.63. The molecule has 0 saturated heterocycles. The summed E-state index contributed by atoms with van der Waals surface area (Å²) in [6.45, 7) is 9.54. The van der Waals surface area contributed by atoms with Crippen LogP contribution in [0.4, 0.5) is 0 Å². The molecule has 0 aliphatic heterocycles. The molecular formula is C13H24N2O2S2. The van der Waals surface area contributed by atoms with Crippen LogP contribution in [0.25, 0.3) is 0 Å². The Labute approximate surface area is 120 Å². The van der Waals surface area contributed by atoms with Crippen LogP contribution < -0.4 is 10.0 Å². The molecule has 0 amide bonds. The Morgan fingerprint density at radius 1 is 1.21 bits per heavy atom. The van der Waals surface area contributed by atoms with E-state index < -0.39 is 15.6 Å². The van der Waals surface area contributed by atoms with Gasteiger partial charge in [-0.25, -0.2) is 13.1 Å². The lowest BCUT2D eigenvalue weighted by molar-refractivity contribution is 0.492. The Hall–Kier alpha value is -0.430. The molecule has 4 nitrogen and oxygen atoms in total. The number of nitrogens with one attached hydrogen (secondary N) is 2. The fourth-order valence-electron chi connectivity index (χ4n) is 1.60. The van der Waals surface area contributed by atoms with Gasteiger partial charge in [0.25, 0.3) is 10.0 Å². The van der Waals surface area contributed by atoms with Gasteiger partial charge >= 0.3 is 0 Å². The zero-order valence-electron chi connectivity index (χ0n) is 12.1. The van der Waals surface area contributed by atoms with Gasteiger partial charge in [0, 0.05) is 10.4 Å². The van der Waals surface area contributed by atoms with Gasteiger partial charge in [0.05, 0.1) is 0 Å². The Kier molecular flexibility index (Phi) is 5.98. The minimum absolute atomic E-state index is 0.396. The highest BCUT2D eigenvalue weighted by atomic mass is 32.2. The normalized spacial score (nSPS) is 12.8. The second-order valence-corrected chi connectivity index (χ2v) is 8.65. The van der Waals surface area contributed by atoms with E-state index in [-0.39, 0.29) is 0 Å². The van der Waals surface area contributed by atoms with Gasteiger partial charge in [-0.1, -0.05) is 6.92 Å². The predicted molar refractivity (Wildman–Crippen MR) is 81.3 cm³/mol. The van der Waals surface area contributed by atoms with Crippen molar-refractivity contribution < 1.29 is 8.42 Å². The molecule has 1 rings (SSSR count). The number of thiophene rings is 1. The van der Waals surface area contributed by atoms with E-state index in [1.54, 1.807) is 6.07 Å². The van der Waals surface area contributed by atoms with E-state index in [0.29, 0.717) is 4.21 Å². The lowest BCUT2D eigenvalue weighted by Crippen LogP contribution is -2.40. The highest BCUT2D eigenvalue weighted by Gasteiger charge is 2.23. The lowest BCUT2D eigenvalue weighted by atomic mass is 10.1. The van der Waals surface area contributed by atoms with E-state index >= 15 is 0 Å². The Morgan fingerprint density at radius 3 is 2.47 bits per heavy atom. The molecule has 0 fully saturated rings. The Morgan fingerprint density at radius 2 is 1.89 bits per heavy atom. The highest BCUT2D eigenvalue weighted by molar-refractivity contribution is 7.91. The summed E-state index contributed by atoms with van der Waals surface area (Å²) in [5, 5.41) is 3.31. The average Bonchev–Trinajstić information content (AvgIpc) is 2.70. The fourth-order valence-corrected chi connectivity index (χ4v) is 4.38. The molecule has 6 heteroatoms. The van der Waals surface area contributed by atoms with E-state index in [1.165, 1.54) is 11.3 Å². The molecule has 0 aliphatic carbocycles. The van der Waals surface area contributed by atoms with Gasteiger partial charge in [0.1, 0.15) is 4.21 Å². The molecule has 110 valence electrons. The first-order valence-corrected chi connectivity index (χ1v) is 8.88. The summed E-state index contributed by atoms with van der Waals surface area (Å²) in [5.41, 5.74) is -0.453. The van der Waals surface area contributed by atoms with Crippen LogP contribution in [0.5, 0.6) is 0 Å². The first-order chi connectivity index (χ1) is 8.74. The quantitative estimate of drug-likeness (QED) is 0.760. The SMILES string of the molecule is CCCNCCc1ccc(S(=O)(=O)NC(C)(C)C)s1. The van der Waals surface area contributed by atoms with Crippen molar-refractivity contribution in [3.05, 3.63) is 17.0 Å². The summed E-state index contributed by atoms with van der Waals surface area (Å²) in [6.07, 6.45) is 1.98. The molecule has 1 aromatic rings. The van der Waals surface area contributed by atoms with Gasteiger partial charge in [-0.05, 0) is 58.8 Å². The number of hydrogen-bond donors (Lipinski definition) is 2. The van der Waals surface area contributed by atoms with Gasteiger partial charge in [-0.3, -0.25) is 0 Å². The van der Waals surface area contributed by atoms with Crippen molar-refractivity contribution in [1.29, 1.82) is 0 Å². The summed E-state index contributed by atoms with van der Waals surface area (Å²) in [5.74, 6) is 0. The summed E-state index contributed by atoms with van der Waals surface area (Å²) in [4.78, 5) is 1.10. The second kappa shape index (κ2) is 6.83. The third-order valence-electron chi connectivity index (χ3n) is 2.32. The molecule has 0 atom stereocenters. The van der Waals surface area contributed by atoms with Crippen molar-refractivity contribution in [2.24, 2.45) is 0 Å². The molecule has 0 unspecified atom stereocenters. The van der Waals surface area contributed by atoms with Crippen molar-refractivity contribution in [2.75, 3.05) is 13.1 Å². The van der Waals surface area contributed by atoms with Crippen molar-refractivity contribution in [1.82, 2.24) is 10.0 Å². The van der Waals surface area contributed by atoms with Crippen molar-refractivity contribution in [3.8, 4) is 0 Å². The fraction of sp³-hybridized carbons (Fsp3) is 0.692. The molecule has 1 heterocycles. The molecule has 0 spiro atoms. The van der Waals surface area contributed by atoms with Gasteiger partial charge in [0.2, 0.25) is 0 Å². The van der Waals surface area contributed by atoms with Crippen LogP contribution >= 0.6 is 11.3 Å². The second-order valence-electron chi connectivity index (χ2n) is 5.58. The number of sulfonamides is 1. The minimum atomic E-state index is -3.38. The molecule has 0 saturated carbocycles. The van der Waals surface area contributed by atoms with Gasteiger partial charge in [-0.2, -0.15) is 0 Å². The molecule has 0 radical (unpaired) electrons. The standard InChI is InChI=1S/C13H24N2O2S2/c1-5-9-14-10-8-11-6-7-12(18-11)19(16,17)15-13(2,3)4/h6-7,14-15H,5,8-10H2,1-4H3. The van der Waals surface area contributed by atoms with E-state index in [9.17, 15) is 8.42 Å². The molecule has 1 aromatic heterocycles. The van der Waals surface area contributed by atoms with Crippen molar-refractivity contribution in [3.63, 3.8) is 0 Å². The van der Waals surface area contributed by atoms with Crippen LogP contribution in [-0.2, 0) is 16.4 Å². The van der Waals surface area contributed by atoms with Crippen LogP contribution in [0.2, 0.25) is 0 Å². The summed E-state index contributed by atoms with van der Waals surface area (Å²) in [7, 11) is -3.38. The van der Waals surface area contributed by atoms with Gasteiger partial charge < -0.3 is 5.32 Å². The minimum Gasteiger partial charge on any atom is -0.316 e. The third kappa shape index (κ3) is 6.03. The van der Waals surface area contributed by atoms with Crippen molar-refractivity contribution >= 4 is 21.4 Å². The molecule has 0 aliphatic rings. The smallest absolute Gasteiger partial charge is 0.250 e. The monoisotopic (exact) mass is 304 g/mol. The molecule has 0 aromatic carbocycles. The summed E-state index contributed by atoms with van der Waals surface area (Å²) < 4.78 is 27.3. The molecule has 2 N–H and O–H groups in total. The predicted octanol–water partition coefficient (Wildman–Crippen LogP) is 2.37. The molecular weight excluding hydrogens is 280 g/mol. The van der Waals surface area contributed by atoms with E-state index in [0.717, 1.165) is 30.8 Å². The number of rotatable bonds is 7. The maximum atomic E-state index is 12.1. The lowest BCUT2D eigenvalue weighted by Gasteiger charge is -2.19. The zero-order valence-corrected chi connectivity index (χ0v) is 13.7. The van der Waals surface area contributed by atoms with Crippen LogP contribution in [0.15, 0.2) is 16.3 Å². The third-order valence-corrected chi connectivity index (χ3v) is 5.71. The zero-order chi connectivity index (χ0) is 14.5. The van der Waals surface area contributed by atoms with Crippen LogP contribution in [0.3, 0.4) is 0 Å².